The average Bonchev–Trinajstić information content (AvgIpc) is 3.30. The van der Waals surface area contributed by atoms with Gasteiger partial charge in [-0.15, -0.1) is 0 Å². The number of benzene rings is 2. The Morgan fingerprint density at radius 2 is 1.81 bits per heavy atom. The van der Waals surface area contributed by atoms with Crippen molar-refractivity contribution >= 4 is 11.7 Å². The fraction of sp³-hybridized carbons (Fsp3) is 0.469. The second kappa shape index (κ2) is 16.6. The van der Waals surface area contributed by atoms with E-state index < -0.39 is 12.1 Å². The molecule has 3 N–H and O–H groups in total. The number of carboxylic acids is 1. The number of aryl methyl sites for hydroxylation is 1. The van der Waals surface area contributed by atoms with Crippen molar-refractivity contribution in [3.8, 4) is 5.75 Å². The van der Waals surface area contributed by atoms with Gasteiger partial charge in [0.15, 0.2) is 6.10 Å². The molecule has 1 aromatic heterocycles. The van der Waals surface area contributed by atoms with Crippen molar-refractivity contribution in [1.29, 1.82) is 0 Å². The summed E-state index contributed by atoms with van der Waals surface area (Å²) in [7, 11) is 3.80. The number of aromatic nitrogens is 2. The highest BCUT2D eigenvalue weighted by Crippen LogP contribution is 2.30. The Hall–Kier alpha value is -3.73. The number of hydrogen-bond donors (Lipinski definition) is 3. The summed E-state index contributed by atoms with van der Waals surface area (Å²) < 4.78 is 12.8. The van der Waals surface area contributed by atoms with E-state index in [4.69, 9.17) is 14.5 Å². The molecule has 2 aromatic carbocycles. The van der Waals surface area contributed by atoms with E-state index >= 15 is 0 Å². The van der Waals surface area contributed by atoms with Gasteiger partial charge < -0.3 is 24.9 Å². The van der Waals surface area contributed by atoms with Gasteiger partial charge in [0.1, 0.15) is 23.9 Å². The van der Waals surface area contributed by atoms with Gasteiger partial charge in [-0.05, 0) is 43.7 Å². The minimum atomic E-state index is -0.973. The van der Waals surface area contributed by atoms with E-state index in [1.165, 1.54) is 5.56 Å². The van der Waals surface area contributed by atoms with E-state index in [2.05, 4.69) is 29.8 Å². The van der Waals surface area contributed by atoms with Crippen LogP contribution in [-0.2, 0) is 35.5 Å². The van der Waals surface area contributed by atoms with Crippen LogP contribution in [0.25, 0.3) is 0 Å². The van der Waals surface area contributed by atoms with Crippen LogP contribution in [-0.4, -0.2) is 54.0 Å². The number of carboxylic acid groups (broad SMARTS) is 1. The second-order valence-electron chi connectivity index (χ2n) is 10.1. The van der Waals surface area contributed by atoms with Gasteiger partial charge in [-0.3, -0.25) is 9.36 Å². The third kappa shape index (κ3) is 8.88. The van der Waals surface area contributed by atoms with Gasteiger partial charge in [-0.2, -0.15) is 0 Å². The Kier molecular flexibility index (Phi) is 13.0. The van der Waals surface area contributed by atoms with Crippen molar-refractivity contribution in [3.63, 3.8) is 0 Å². The Morgan fingerprint density at radius 3 is 2.40 bits per heavy atom. The molecule has 0 amide bonds. The number of nitrogens with zero attached hydrogens (tertiary/aromatic N) is 3. The molecule has 3 aromatic rings. The molecular weight excluding hydrogens is 534 g/mol. The predicted molar refractivity (Wildman–Crippen MR) is 165 cm³/mol. The van der Waals surface area contributed by atoms with Crippen LogP contribution in [0.3, 0.4) is 0 Å². The van der Waals surface area contributed by atoms with Gasteiger partial charge >= 0.3 is 5.97 Å². The van der Waals surface area contributed by atoms with Crippen LogP contribution in [0.5, 0.6) is 5.75 Å². The second-order valence-corrected chi connectivity index (χ2v) is 10.1. The summed E-state index contributed by atoms with van der Waals surface area (Å²) in [5.74, 6) is 0.440. The molecule has 0 saturated carbocycles. The number of rotatable bonds is 14. The smallest absolute Gasteiger partial charge is 0.333 e. The number of ether oxygens (including phenoxy) is 2. The number of nitrogens with one attached hydrogen (secondary N) is 2. The highest BCUT2D eigenvalue weighted by Gasteiger charge is 2.31. The summed E-state index contributed by atoms with van der Waals surface area (Å²) >= 11 is 0. The largest absolute Gasteiger partial charge is 0.492 e. The summed E-state index contributed by atoms with van der Waals surface area (Å²) in [4.78, 5) is 29.3. The number of hydrazine groups is 1. The van der Waals surface area contributed by atoms with Crippen LogP contribution in [0.2, 0.25) is 0 Å². The molecule has 2 atom stereocenters. The Balaban J connectivity index is 0.000000458. The van der Waals surface area contributed by atoms with Gasteiger partial charge in [-0.25, -0.2) is 15.2 Å². The SMILES string of the molecule is CCCC1NN(C)c2c1nc(CC)n(CCOc1ccc(CC(OCC)C(=O)O)cc1)c2=O.CNCc1ccccc1. The fourth-order valence-corrected chi connectivity index (χ4v) is 4.92. The normalized spacial score (nSPS) is 14.6. The van der Waals surface area contributed by atoms with E-state index in [-0.39, 0.29) is 11.6 Å². The zero-order valence-corrected chi connectivity index (χ0v) is 25.4. The first kappa shape index (κ1) is 32.8. The summed E-state index contributed by atoms with van der Waals surface area (Å²) in [6.07, 6.45) is 2.02. The molecule has 4 rings (SSSR count). The van der Waals surface area contributed by atoms with E-state index in [9.17, 15) is 14.7 Å². The predicted octanol–water partition coefficient (Wildman–Crippen LogP) is 4.12. The topological polar surface area (TPSA) is 118 Å². The lowest BCUT2D eigenvalue weighted by atomic mass is 10.1. The first-order chi connectivity index (χ1) is 20.3. The van der Waals surface area contributed by atoms with Crippen molar-refractivity contribution in [1.82, 2.24) is 20.3 Å². The van der Waals surface area contributed by atoms with Crippen LogP contribution in [0.4, 0.5) is 5.69 Å². The monoisotopic (exact) mass is 579 g/mol. The van der Waals surface area contributed by atoms with Gasteiger partial charge in [-0.1, -0.05) is 62.7 Å². The molecule has 1 aliphatic rings. The van der Waals surface area contributed by atoms with Crippen molar-refractivity contribution in [2.45, 2.75) is 71.7 Å². The summed E-state index contributed by atoms with van der Waals surface area (Å²) in [6, 6.07) is 17.7. The molecule has 0 bridgehead atoms. The molecule has 2 unspecified atom stereocenters. The maximum Gasteiger partial charge on any atom is 0.333 e. The van der Waals surface area contributed by atoms with E-state index in [0.29, 0.717) is 44.0 Å². The lowest BCUT2D eigenvalue weighted by Crippen LogP contribution is -2.35. The number of anilines is 1. The first-order valence-corrected chi connectivity index (χ1v) is 14.7. The number of hydrogen-bond acceptors (Lipinski definition) is 8. The Labute approximate surface area is 248 Å². The minimum absolute atomic E-state index is 0.0555. The number of aliphatic carboxylic acids is 1. The fourth-order valence-electron chi connectivity index (χ4n) is 4.92. The molecule has 228 valence electrons. The standard InChI is InChI=1S/C24H34N4O5.C8H11N/c1-5-8-18-21-22(27(4)26-18)23(29)28(20(6-2)25-21)13-14-33-17-11-9-16(10-12-17)15-19(24(30)31)32-7-3;1-9-7-8-5-3-2-4-6-8/h9-12,18-19,26H,5-8,13-15H2,1-4H3,(H,30,31);2-6,9H,7H2,1H3. The molecule has 42 heavy (non-hydrogen) atoms. The molecule has 10 nitrogen and oxygen atoms in total. The van der Waals surface area contributed by atoms with E-state index in [0.717, 1.165) is 36.5 Å². The maximum absolute atomic E-state index is 13.2. The Morgan fingerprint density at radius 1 is 1.10 bits per heavy atom. The molecule has 0 fully saturated rings. The summed E-state index contributed by atoms with van der Waals surface area (Å²) in [6.45, 7) is 7.91. The number of fused-ring (bicyclic) bond motifs is 1. The van der Waals surface area contributed by atoms with E-state index in [1.54, 1.807) is 28.6 Å². The van der Waals surface area contributed by atoms with Gasteiger partial charge in [0, 0.05) is 33.0 Å². The van der Waals surface area contributed by atoms with E-state index in [1.807, 2.05) is 51.4 Å². The van der Waals surface area contributed by atoms with Gasteiger partial charge in [0.2, 0.25) is 0 Å². The first-order valence-electron chi connectivity index (χ1n) is 14.7. The summed E-state index contributed by atoms with van der Waals surface area (Å²) in [5.41, 5.74) is 6.91. The molecule has 0 aliphatic carbocycles. The Bertz CT molecular complexity index is 1310. The lowest BCUT2D eigenvalue weighted by Gasteiger charge is -2.16. The quantitative estimate of drug-likeness (QED) is 0.259. The highest BCUT2D eigenvalue weighted by atomic mass is 16.5. The molecule has 2 heterocycles. The molecule has 0 radical (unpaired) electrons. The highest BCUT2D eigenvalue weighted by molar-refractivity contribution is 5.72. The zero-order valence-electron chi connectivity index (χ0n) is 25.4. The zero-order chi connectivity index (χ0) is 30.5. The molecule has 1 aliphatic heterocycles. The maximum atomic E-state index is 13.2. The third-order valence-electron chi connectivity index (χ3n) is 6.96. The van der Waals surface area contributed by atoms with Crippen LogP contribution >= 0.6 is 0 Å². The van der Waals surface area contributed by atoms with Crippen molar-refractivity contribution < 1.29 is 19.4 Å². The average molecular weight is 580 g/mol. The third-order valence-corrected chi connectivity index (χ3v) is 6.96. The summed E-state index contributed by atoms with van der Waals surface area (Å²) in [5, 5.41) is 14.1. The molecule has 0 spiro atoms. The lowest BCUT2D eigenvalue weighted by molar-refractivity contribution is -0.149. The molecule has 0 saturated heterocycles. The van der Waals surface area contributed by atoms with Crippen LogP contribution < -0.4 is 26.0 Å². The van der Waals surface area contributed by atoms with Gasteiger partial charge in [0.25, 0.3) is 5.56 Å². The van der Waals surface area contributed by atoms with Crippen LogP contribution in [0.15, 0.2) is 59.4 Å². The van der Waals surface area contributed by atoms with Crippen LogP contribution in [0, 0.1) is 0 Å². The number of carbonyl (C=O) groups is 1. The van der Waals surface area contributed by atoms with Crippen molar-refractivity contribution in [3.05, 3.63) is 87.6 Å². The molecule has 10 heteroatoms. The van der Waals surface area contributed by atoms with Crippen molar-refractivity contribution in [2.75, 3.05) is 32.3 Å². The van der Waals surface area contributed by atoms with Gasteiger partial charge in [0.05, 0.1) is 18.3 Å². The molecular formula is C32H45N5O5. The minimum Gasteiger partial charge on any atom is -0.492 e. The van der Waals surface area contributed by atoms with Crippen LogP contribution in [0.1, 0.15) is 62.3 Å². The van der Waals surface area contributed by atoms with Crippen molar-refractivity contribution in [2.24, 2.45) is 0 Å².